The Balaban J connectivity index is 1.81. The number of anilines is 1. The van der Waals surface area contributed by atoms with Gasteiger partial charge in [-0.3, -0.25) is 9.69 Å². The molecule has 1 aliphatic heterocycles. The van der Waals surface area contributed by atoms with Gasteiger partial charge in [0.25, 0.3) is 5.91 Å². The molecule has 2 N–H and O–H groups in total. The van der Waals surface area contributed by atoms with Gasteiger partial charge in [-0.25, -0.2) is 9.78 Å². The molecule has 0 spiro atoms. The number of ether oxygens (including phenoxy) is 1. The van der Waals surface area contributed by atoms with E-state index in [2.05, 4.69) is 31.1 Å². The maximum absolute atomic E-state index is 13.4. The number of benzene rings is 1. The lowest BCUT2D eigenvalue weighted by Crippen LogP contribution is -2.47. The molecule has 3 atom stereocenters. The molecule has 202 valence electrons. The lowest BCUT2D eigenvalue weighted by molar-refractivity contribution is -0.00458. The van der Waals surface area contributed by atoms with Gasteiger partial charge >= 0.3 is 6.09 Å². The summed E-state index contributed by atoms with van der Waals surface area (Å²) in [5, 5.41) is 14.7. The van der Waals surface area contributed by atoms with Crippen LogP contribution in [0.25, 0.3) is 0 Å². The quantitative estimate of drug-likeness (QED) is 0.566. The van der Waals surface area contributed by atoms with Gasteiger partial charge in [-0.2, -0.15) is 0 Å². The minimum Gasteiger partial charge on any atom is -0.444 e. The van der Waals surface area contributed by atoms with Crippen LogP contribution < -0.4 is 5.32 Å². The van der Waals surface area contributed by atoms with E-state index in [1.807, 2.05) is 57.2 Å². The molecule has 1 aromatic carbocycles. The second-order valence-electron chi connectivity index (χ2n) is 12.1. The smallest absolute Gasteiger partial charge is 0.410 e. The lowest BCUT2D eigenvalue weighted by Gasteiger charge is -2.35. The largest absolute Gasteiger partial charge is 0.444 e. The summed E-state index contributed by atoms with van der Waals surface area (Å²) in [5.74, 6) is 0.677. The van der Waals surface area contributed by atoms with Gasteiger partial charge in [0.15, 0.2) is 0 Å². The number of hydrogen-bond donors (Lipinski definition) is 2. The molecule has 0 saturated carbocycles. The van der Waals surface area contributed by atoms with Crippen LogP contribution >= 0.6 is 0 Å². The summed E-state index contributed by atoms with van der Waals surface area (Å²) >= 11 is 0. The molecule has 2 aromatic rings. The lowest BCUT2D eigenvalue weighted by atomic mass is 10.0. The first-order chi connectivity index (χ1) is 17.1. The second kappa shape index (κ2) is 11.1. The highest BCUT2D eigenvalue weighted by molar-refractivity contribution is 5.93. The van der Waals surface area contributed by atoms with E-state index in [0.29, 0.717) is 24.0 Å². The molecule has 1 saturated heterocycles. The Morgan fingerprint density at radius 1 is 1.08 bits per heavy atom. The van der Waals surface area contributed by atoms with Crippen molar-refractivity contribution in [2.45, 2.75) is 90.1 Å². The van der Waals surface area contributed by atoms with Crippen LogP contribution in [0.2, 0.25) is 0 Å². The Labute approximate surface area is 221 Å². The number of hydrogen-bond acceptors (Lipinski definition) is 6. The average Bonchev–Trinajstić information content (AvgIpc) is 3.20. The molecular formula is C29H42N4O4. The zero-order valence-corrected chi connectivity index (χ0v) is 23.4. The summed E-state index contributed by atoms with van der Waals surface area (Å²) in [7, 11) is 3.45. The predicted octanol–water partition coefficient (Wildman–Crippen LogP) is 5.04. The van der Waals surface area contributed by atoms with Crippen molar-refractivity contribution in [3.63, 3.8) is 0 Å². The predicted molar refractivity (Wildman–Crippen MR) is 146 cm³/mol. The molecule has 1 fully saturated rings. The maximum atomic E-state index is 13.4. The topological polar surface area (TPSA) is 95.0 Å². The highest BCUT2D eigenvalue weighted by Crippen LogP contribution is 2.36. The minimum absolute atomic E-state index is 0.0525. The molecular weight excluding hydrogens is 468 g/mol. The summed E-state index contributed by atoms with van der Waals surface area (Å²) in [6, 6.07) is 10.6. The van der Waals surface area contributed by atoms with Crippen LogP contribution in [0.3, 0.4) is 0 Å². The van der Waals surface area contributed by atoms with E-state index < -0.39 is 23.8 Å². The normalized spacial score (nSPS) is 18.9. The fraction of sp³-hybridized carbons (Fsp3) is 0.552. The SMILES string of the molecule is CN(C)C(=O)c1ccc(C[C@@H]2CC[C@H]([C@H](O)c3ccc(NC(C)(C)C)nc3)N2C(=O)OC(C)(C)C)cc1. The number of carbonyl (C=O) groups is 2. The van der Waals surface area contributed by atoms with Crippen LogP contribution in [-0.4, -0.2) is 69.2 Å². The third kappa shape index (κ3) is 7.68. The van der Waals surface area contributed by atoms with Crippen LogP contribution in [-0.2, 0) is 11.2 Å². The van der Waals surface area contributed by atoms with Crippen molar-refractivity contribution < 1.29 is 19.4 Å². The number of nitrogens with zero attached hydrogens (tertiary/aromatic N) is 3. The van der Waals surface area contributed by atoms with E-state index in [0.717, 1.165) is 17.8 Å². The first kappa shape index (κ1) is 28.4. The van der Waals surface area contributed by atoms with Crippen molar-refractivity contribution >= 4 is 17.8 Å². The van der Waals surface area contributed by atoms with Gasteiger partial charge in [-0.15, -0.1) is 0 Å². The Bertz CT molecular complexity index is 1070. The van der Waals surface area contributed by atoms with Crippen LogP contribution in [0.5, 0.6) is 0 Å². The molecule has 1 aromatic heterocycles. The monoisotopic (exact) mass is 510 g/mol. The van der Waals surface area contributed by atoms with E-state index >= 15 is 0 Å². The number of amides is 2. The Morgan fingerprint density at radius 2 is 1.73 bits per heavy atom. The third-order valence-corrected chi connectivity index (χ3v) is 6.22. The summed E-state index contributed by atoms with van der Waals surface area (Å²) in [4.78, 5) is 33.3. The Morgan fingerprint density at radius 3 is 2.24 bits per heavy atom. The highest BCUT2D eigenvalue weighted by atomic mass is 16.6. The minimum atomic E-state index is -0.895. The van der Waals surface area contributed by atoms with E-state index in [4.69, 9.17) is 4.74 Å². The first-order valence-electron chi connectivity index (χ1n) is 12.9. The van der Waals surface area contributed by atoms with Gasteiger partial charge in [0.2, 0.25) is 0 Å². The molecule has 0 aliphatic carbocycles. The van der Waals surface area contributed by atoms with Crippen molar-refractivity contribution in [1.29, 1.82) is 0 Å². The summed E-state index contributed by atoms with van der Waals surface area (Å²) in [6.07, 6.45) is 2.32. The molecule has 1 aliphatic rings. The summed E-state index contributed by atoms with van der Waals surface area (Å²) in [5.41, 5.74) is 1.51. The van der Waals surface area contributed by atoms with E-state index in [1.54, 1.807) is 30.1 Å². The Kier molecular flexibility index (Phi) is 8.52. The number of aliphatic hydroxyl groups is 1. The van der Waals surface area contributed by atoms with Crippen LogP contribution in [0.15, 0.2) is 42.6 Å². The molecule has 37 heavy (non-hydrogen) atoms. The standard InChI is InChI=1S/C29H42N4O4/c1-28(2,3)31-24-16-13-21(18-30-24)25(34)23-15-14-22(33(23)27(36)37-29(4,5)6)17-19-9-11-20(12-10-19)26(35)32(7)8/h9-13,16,18,22-23,25,34H,14-15,17H2,1-8H3,(H,30,31)/t22-,23+,25+/m0/s1. The zero-order chi connectivity index (χ0) is 27.5. The van der Waals surface area contributed by atoms with E-state index in [1.165, 1.54) is 0 Å². The second-order valence-corrected chi connectivity index (χ2v) is 12.1. The average molecular weight is 511 g/mol. The zero-order valence-electron chi connectivity index (χ0n) is 23.4. The van der Waals surface area contributed by atoms with E-state index in [-0.39, 0.29) is 17.5 Å². The summed E-state index contributed by atoms with van der Waals surface area (Å²) < 4.78 is 5.76. The molecule has 3 rings (SSSR count). The van der Waals surface area contributed by atoms with Crippen molar-refractivity contribution in [1.82, 2.24) is 14.8 Å². The molecule has 0 unspecified atom stereocenters. The van der Waals surface area contributed by atoms with Gasteiger partial charge in [0.05, 0.1) is 6.04 Å². The number of aromatic nitrogens is 1. The highest BCUT2D eigenvalue weighted by Gasteiger charge is 2.43. The van der Waals surface area contributed by atoms with Gasteiger partial charge in [-0.1, -0.05) is 18.2 Å². The molecule has 8 nitrogen and oxygen atoms in total. The first-order valence-corrected chi connectivity index (χ1v) is 12.9. The number of carbonyl (C=O) groups excluding carboxylic acids is 2. The number of aliphatic hydroxyl groups excluding tert-OH is 1. The van der Waals surface area contributed by atoms with Crippen molar-refractivity contribution in [2.24, 2.45) is 0 Å². The van der Waals surface area contributed by atoms with Gasteiger partial charge in [-0.05, 0) is 84.6 Å². The number of nitrogens with one attached hydrogen (secondary N) is 1. The molecule has 0 bridgehead atoms. The van der Waals surface area contributed by atoms with Crippen LogP contribution in [0, 0.1) is 0 Å². The molecule has 0 radical (unpaired) electrons. The maximum Gasteiger partial charge on any atom is 0.410 e. The number of pyridine rings is 1. The van der Waals surface area contributed by atoms with E-state index in [9.17, 15) is 14.7 Å². The summed E-state index contributed by atoms with van der Waals surface area (Å²) in [6.45, 7) is 11.7. The number of rotatable bonds is 6. The molecule has 8 heteroatoms. The third-order valence-electron chi connectivity index (χ3n) is 6.22. The Hall–Kier alpha value is -3.13. The molecule has 2 amide bonds. The fourth-order valence-corrected chi connectivity index (χ4v) is 4.60. The van der Waals surface area contributed by atoms with Gasteiger partial charge in [0, 0.05) is 43.0 Å². The van der Waals surface area contributed by atoms with Gasteiger partial charge < -0.3 is 20.1 Å². The van der Waals surface area contributed by atoms with Crippen LogP contribution in [0.1, 0.15) is 82.0 Å². The van der Waals surface area contributed by atoms with Gasteiger partial charge in [0.1, 0.15) is 17.5 Å². The van der Waals surface area contributed by atoms with Crippen molar-refractivity contribution in [3.05, 3.63) is 59.3 Å². The fourth-order valence-electron chi connectivity index (χ4n) is 4.60. The van der Waals surface area contributed by atoms with Crippen molar-refractivity contribution in [2.75, 3.05) is 19.4 Å². The molecule has 2 heterocycles. The van der Waals surface area contributed by atoms with Crippen molar-refractivity contribution in [3.8, 4) is 0 Å². The number of likely N-dealkylation sites (tertiary alicyclic amines) is 1. The van der Waals surface area contributed by atoms with Crippen LogP contribution in [0.4, 0.5) is 10.6 Å².